The number of rotatable bonds is 7. The van der Waals surface area contributed by atoms with Gasteiger partial charge in [0.1, 0.15) is 0 Å². The van der Waals surface area contributed by atoms with Gasteiger partial charge in [0.05, 0.1) is 0 Å². The van der Waals surface area contributed by atoms with Gasteiger partial charge in [0.15, 0.2) is 0 Å². The molecule has 150 valence electrons. The summed E-state index contributed by atoms with van der Waals surface area (Å²) < 4.78 is 164. The molecular formula is C9H7F13N2O. The maximum Gasteiger partial charge on any atom is 0.460 e. The molecular weight excluding hydrogens is 399 g/mol. The van der Waals surface area contributed by atoms with Crippen molar-refractivity contribution in [2.24, 2.45) is 5.84 Å². The third kappa shape index (κ3) is 3.57. The van der Waals surface area contributed by atoms with E-state index in [9.17, 15) is 61.9 Å². The molecule has 0 spiro atoms. The Morgan fingerprint density at radius 1 is 0.680 bits per heavy atom. The van der Waals surface area contributed by atoms with Crippen molar-refractivity contribution >= 4 is 5.91 Å². The van der Waals surface area contributed by atoms with Crippen LogP contribution in [0.25, 0.3) is 0 Å². The summed E-state index contributed by atoms with van der Waals surface area (Å²) in [6.45, 7) is 0. The van der Waals surface area contributed by atoms with Crippen LogP contribution in [-0.4, -0.2) is 41.7 Å². The molecule has 0 rings (SSSR count). The normalized spacial score (nSPS) is 15.3. The third-order valence-corrected chi connectivity index (χ3v) is 2.83. The number of carbonyl (C=O) groups is 1. The summed E-state index contributed by atoms with van der Waals surface area (Å²) in [5.41, 5.74) is 1.08. The maximum absolute atomic E-state index is 13.1. The fraction of sp³-hybridized carbons (Fsp3) is 0.889. The van der Waals surface area contributed by atoms with E-state index in [0.29, 0.717) is 0 Å². The van der Waals surface area contributed by atoms with Crippen molar-refractivity contribution < 1.29 is 61.9 Å². The van der Waals surface area contributed by atoms with Gasteiger partial charge < -0.3 is 0 Å². The first-order valence-electron chi connectivity index (χ1n) is 5.66. The lowest BCUT2D eigenvalue weighted by atomic mass is 9.92. The second kappa shape index (κ2) is 6.35. The van der Waals surface area contributed by atoms with Gasteiger partial charge in [-0.25, -0.2) is 5.84 Å². The van der Waals surface area contributed by atoms with E-state index in [1.165, 1.54) is 0 Å². The number of amides is 1. The smallest absolute Gasteiger partial charge is 0.294 e. The minimum atomic E-state index is -7.94. The zero-order valence-electron chi connectivity index (χ0n) is 11.3. The van der Waals surface area contributed by atoms with Gasteiger partial charge in [-0.05, 0) is 0 Å². The van der Waals surface area contributed by atoms with Crippen molar-refractivity contribution in [1.82, 2.24) is 5.43 Å². The van der Waals surface area contributed by atoms with E-state index in [1.54, 1.807) is 0 Å². The Bertz CT molecular complexity index is 498. The molecule has 0 saturated heterocycles. The number of nitrogens with two attached hydrogens (primary N) is 1. The number of carbonyl (C=O) groups excluding carboxylic acids is 1. The molecule has 0 saturated carbocycles. The maximum atomic E-state index is 13.1. The first-order valence-corrected chi connectivity index (χ1v) is 5.66. The molecule has 0 aliphatic heterocycles. The molecule has 0 heterocycles. The largest absolute Gasteiger partial charge is 0.460 e. The van der Waals surface area contributed by atoms with Crippen LogP contribution in [-0.2, 0) is 4.79 Å². The van der Waals surface area contributed by atoms with E-state index in [4.69, 9.17) is 0 Å². The fourth-order valence-corrected chi connectivity index (χ4v) is 1.30. The lowest BCUT2D eigenvalue weighted by molar-refractivity contribution is -0.440. The van der Waals surface area contributed by atoms with Crippen molar-refractivity contribution in [3.05, 3.63) is 0 Å². The zero-order valence-corrected chi connectivity index (χ0v) is 11.3. The minimum absolute atomic E-state index is 1.08. The summed E-state index contributed by atoms with van der Waals surface area (Å²) in [6, 6.07) is 0. The molecule has 25 heavy (non-hydrogen) atoms. The SMILES string of the molecule is NNC(=O)CCC(F)(F)C(F)(F)C(F)(F)C(F)(F)C(F)(F)C(F)(F)F. The number of hydrogen-bond donors (Lipinski definition) is 2. The van der Waals surface area contributed by atoms with Crippen molar-refractivity contribution in [1.29, 1.82) is 0 Å². The third-order valence-electron chi connectivity index (χ3n) is 2.83. The molecule has 3 N–H and O–H groups in total. The van der Waals surface area contributed by atoms with Gasteiger partial charge in [-0.3, -0.25) is 10.2 Å². The monoisotopic (exact) mass is 406 g/mol. The summed E-state index contributed by atoms with van der Waals surface area (Å²) >= 11 is 0. The molecule has 0 unspecified atom stereocenters. The lowest BCUT2D eigenvalue weighted by Gasteiger charge is -2.39. The Kier molecular flexibility index (Phi) is 5.98. The van der Waals surface area contributed by atoms with E-state index >= 15 is 0 Å². The minimum Gasteiger partial charge on any atom is -0.294 e. The average Bonchev–Trinajstić information content (AvgIpc) is 2.42. The van der Waals surface area contributed by atoms with Gasteiger partial charge in [-0.15, -0.1) is 0 Å². The second-order valence-electron chi connectivity index (χ2n) is 4.57. The summed E-state index contributed by atoms with van der Waals surface area (Å²) in [6.07, 6.45) is -11.8. The highest BCUT2D eigenvalue weighted by Gasteiger charge is 2.90. The number of alkyl halides is 13. The van der Waals surface area contributed by atoms with Gasteiger partial charge in [-0.1, -0.05) is 0 Å². The van der Waals surface area contributed by atoms with Crippen molar-refractivity contribution in [2.45, 2.75) is 48.6 Å². The van der Waals surface area contributed by atoms with E-state index in [-0.39, 0.29) is 0 Å². The van der Waals surface area contributed by atoms with Gasteiger partial charge in [0, 0.05) is 12.8 Å². The van der Waals surface area contributed by atoms with Crippen LogP contribution in [0.15, 0.2) is 0 Å². The Hall–Kier alpha value is -1.48. The Morgan fingerprint density at radius 2 is 1.04 bits per heavy atom. The van der Waals surface area contributed by atoms with E-state index < -0.39 is 54.5 Å². The Labute approximate surface area is 129 Å². The van der Waals surface area contributed by atoms with Gasteiger partial charge in [0.2, 0.25) is 5.91 Å². The van der Waals surface area contributed by atoms with Crippen molar-refractivity contribution in [3.63, 3.8) is 0 Å². The van der Waals surface area contributed by atoms with E-state index in [0.717, 1.165) is 5.43 Å². The number of halogens is 13. The van der Waals surface area contributed by atoms with Crippen molar-refractivity contribution in [3.8, 4) is 0 Å². The predicted octanol–water partition coefficient (Wildman–Crippen LogP) is 3.50. The number of hydrogen-bond acceptors (Lipinski definition) is 2. The first kappa shape index (κ1) is 23.5. The average molecular weight is 406 g/mol. The predicted molar refractivity (Wildman–Crippen MR) is 52.4 cm³/mol. The molecule has 0 aromatic rings. The van der Waals surface area contributed by atoms with Crippen LogP contribution in [0, 0.1) is 0 Å². The van der Waals surface area contributed by atoms with Crippen LogP contribution in [0.3, 0.4) is 0 Å². The Balaban J connectivity index is 5.98. The Morgan fingerprint density at radius 3 is 1.36 bits per heavy atom. The highest BCUT2D eigenvalue weighted by atomic mass is 19.4. The molecule has 0 fully saturated rings. The van der Waals surface area contributed by atoms with Gasteiger partial charge in [-0.2, -0.15) is 57.1 Å². The molecule has 0 aliphatic rings. The van der Waals surface area contributed by atoms with Crippen LogP contribution in [0.2, 0.25) is 0 Å². The van der Waals surface area contributed by atoms with E-state index in [2.05, 4.69) is 5.84 Å². The lowest BCUT2D eigenvalue weighted by Crippen LogP contribution is -2.70. The number of nitrogens with one attached hydrogen (secondary N) is 1. The van der Waals surface area contributed by atoms with Crippen LogP contribution in [0.1, 0.15) is 12.8 Å². The summed E-state index contributed by atoms with van der Waals surface area (Å²) in [4.78, 5) is 10.5. The molecule has 3 nitrogen and oxygen atoms in total. The quantitative estimate of drug-likeness (QED) is 0.295. The molecule has 0 aromatic heterocycles. The second-order valence-corrected chi connectivity index (χ2v) is 4.57. The van der Waals surface area contributed by atoms with Crippen LogP contribution >= 0.6 is 0 Å². The summed E-state index contributed by atoms with van der Waals surface area (Å²) in [7, 11) is 0. The molecule has 0 radical (unpaired) electrons. The molecule has 0 bridgehead atoms. The van der Waals surface area contributed by atoms with E-state index in [1.807, 2.05) is 0 Å². The first-order chi connectivity index (χ1) is 10.7. The highest BCUT2D eigenvalue weighted by Crippen LogP contribution is 2.60. The fourth-order valence-electron chi connectivity index (χ4n) is 1.30. The topological polar surface area (TPSA) is 55.1 Å². The standard InChI is InChI=1S/C9H7F13N2O/c10-4(11,2-1-3(25)24-23)5(12,13)6(14,15)7(16,17)8(18,19)9(20,21)22/h1-2,23H2,(H,24,25). The number of hydrazine groups is 1. The summed E-state index contributed by atoms with van der Waals surface area (Å²) in [5, 5.41) is 0. The highest BCUT2D eigenvalue weighted by molar-refractivity contribution is 5.75. The van der Waals surface area contributed by atoms with Crippen molar-refractivity contribution in [2.75, 3.05) is 0 Å². The summed E-state index contributed by atoms with van der Waals surface area (Å²) in [5.74, 6) is -34.5. The van der Waals surface area contributed by atoms with Gasteiger partial charge >= 0.3 is 35.8 Å². The zero-order chi connectivity index (χ0) is 20.7. The van der Waals surface area contributed by atoms with Crippen LogP contribution in [0.4, 0.5) is 57.1 Å². The molecule has 1 amide bonds. The molecule has 0 aromatic carbocycles. The molecule has 0 atom stereocenters. The molecule has 0 aliphatic carbocycles. The molecule has 16 heteroatoms. The van der Waals surface area contributed by atoms with Crippen LogP contribution < -0.4 is 11.3 Å². The van der Waals surface area contributed by atoms with Gasteiger partial charge in [0.25, 0.3) is 0 Å². The van der Waals surface area contributed by atoms with Crippen LogP contribution in [0.5, 0.6) is 0 Å².